The van der Waals surface area contributed by atoms with Gasteiger partial charge in [0.2, 0.25) is 0 Å². The molecule has 78 valence electrons. The van der Waals surface area contributed by atoms with Crippen molar-refractivity contribution in [2.75, 3.05) is 6.61 Å². The van der Waals surface area contributed by atoms with Gasteiger partial charge in [-0.3, -0.25) is 4.84 Å². The summed E-state index contributed by atoms with van der Waals surface area (Å²) in [5.74, 6) is 5.47. The molecule has 1 rings (SSSR count). The molecule has 0 aliphatic rings. The molecule has 0 aromatic heterocycles. The Hall–Kier alpha value is -0.780. The van der Waals surface area contributed by atoms with Gasteiger partial charge in [-0.15, -0.1) is 0 Å². The lowest BCUT2D eigenvalue weighted by Crippen LogP contribution is -2.00. The van der Waals surface area contributed by atoms with Crippen LogP contribution in [0.3, 0.4) is 0 Å². The van der Waals surface area contributed by atoms with E-state index in [9.17, 15) is 5.11 Å². The van der Waals surface area contributed by atoms with Crippen LogP contribution in [0.4, 0.5) is 0 Å². The molecule has 0 radical (unpaired) electrons. The van der Waals surface area contributed by atoms with Gasteiger partial charge in [-0.2, -0.15) is 0 Å². The van der Waals surface area contributed by atoms with Crippen molar-refractivity contribution in [2.45, 2.75) is 13.5 Å². The molecule has 0 bridgehead atoms. The molecule has 0 fully saturated rings. The number of ether oxygens (including phenoxy) is 1. The van der Waals surface area contributed by atoms with E-state index in [1.165, 1.54) is 0 Å². The molecule has 0 amide bonds. The number of phenols is 1. The Morgan fingerprint density at radius 3 is 2.79 bits per heavy atom. The van der Waals surface area contributed by atoms with Crippen LogP contribution in [0.2, 0.25) is 0 Å². The molecule has 14 heavy (non-hydrogen) atoms. The maximum atomic E-state index is 9.58. The van der Waals surface area contributed by atoms with Crippen molar-refractivity contribution in [1.29, 1.82) is 0 Å². The van der Waals surface area contributed by atoms with E-state index in [1.54, 1.807) is 12.1 Å². The molecular formula is C9H12BrNO3. The summed E-state index contributed by atoms with van der Waals surface area (Å²) < 4.78 is 5.79. The molecular weight excluding hydrogens is 250 g/mol. The third kappa shape index (κ3) is 2.60. The molecule has 0 aliphatic carbocycles. The number of halogens is 1. The monoisotopic (exact) mass is 261 g/mol. The zero-order chi connectivity index (χ0) is 10.6. The van der Waals surface area contributed by atoms with Crippen LogP contribution in [0.15, 0.2) is 16.6 Å². The average molecular weight is 262 g/mol. The Morgan fingerprint density at radius 1 is 1.50 bits per heavy atom. The Morgan fingerprint density at radius 2 is 2.21 bits per heavy atom. The SMILES string of the molecule is CCOc1cc(CON)cc(Br)c1O. The summed E-state index contributed by atoms with van der Waals surface area (Å²) >= 11 is 3.21. The second-order valence-electron chi connectivity index (χ2n) is 2.67. The molecule has 5 heteroatoms. The van der Waals surface area contributed by atoms with Gasteiger partial charge in [0.1, 0.15) is 0 Å². The summed E-state index contributed by atoms with van der Waals surface area (Å²) in [5, 5.41) is 9.58. The first kappa shape index (κ1) is 11.3. The highest BCUT2D eigenvalue weighted by molar-refractivity contribution is 9.10. The quantitative estimate of drug-likeness (QED) is 0.814. The number of hydrogen-bond donors (Lipinski definition) is 2. The molecule has 0 atom stereocenters. The van der Waals surface area contributed by atoms with Crippen LogP contribution < -0.4 is 10.6 Å². The number of benzene rings is 1. The lowest BCUT2D eigenvalue weighted by molar-refractivity contribution is 0.123. The zero-order valence-electron chi connectivity index (χ0n) is 7.79. The van der Waals surface area contributed by atoms with Crippen molar-refractivity contribution < 1.29 is 14.7 Å². The van der Waals surface area contributed by atoms with Crippen molar-refractivity contribution in [1.82, 2.24) is 0 Å². The summed E-state index contributed by atoms with van der Waals surface area (Å²) in [4.78, 5) is 4.50. The highest BCUT2D eigenvalue weighted by Crippen LogP contribution is 2.35. The number of phenolic OH excluding ortho intramolecular Hbond substituents is 1. The molecule has 0 heterocycles. The Kier molecular flexibility index (Phi) is 4.19. The van der Waals surface area contributed by atoms with Crippen LogP contribution in [0, 0.1) is 0 Å². The van der Waals surface area contributed by atoms with E-state index in [-0.39, 0.29) is 12.4 Å². The third-order valence-corrected chi connectivity index (χ3v) is 2.24. The number of hydrogen-bond acceptors (Lipinski definition) is 4. The fourth-order valence-corrected chi connectivity index (χ4v) is 1.56. The van der Waals surface area contributed by atoms with Crippen molar-refractivity contribution in [3.05, 3.63) is 22.2 Å². The predicted octanol–water partition coefficient (Wildman–Crippen LogP) is 1.94. The van der Waals surface area contributed by atoms with Crippen LogP contribution in [0.5, 0.6) is 11.5 Å². The van der Waals surface area contributed by atoms with E-state index in [0.717, 1.165) is 5.56 Å². The van der Waals surface area contributed by atoms with E-state index >= 15 is 0 Å². The lowest BCUT2D eigenvalue weighted by Gasteiger charge is -2.09. The van der Waals surface area contributed by atoms with Gasteiger partial charge in [0.05, 0.1) is 17.7 Å². The molecule has 0 aliphatic heterocycles. The zero-order valence-corrected chi connectivity index (χ0v) is 9.37. The van der Waals surface area contributed by atoms with Crippen LogP contribution >= 0.6 is 15.9 Å². The van der Waals surface area contributed by atoms with E-state index in [0.29, 0.717) is 16.8 Å². The third-order valence-electron chi connectivity index (χ3n) is 1.64. The van der Waals surface area contributed by atoms with Gasteiger partial charge < -0.3 is 9.84 Å². The van der Waals surface area contributed by atoms with Crippen LogP contribution in [0.25, 0.3) is 0 Å². The molecule has 0 unspecified atom stereocenters. The minimum atomic E-state index is 0.0904. The minimum Gasteiger partial charge on any atom is -0.503 e. The van der Waals surface area contributed by atoms with E-state index in [2.05, 4.69) is 20.8 Å². The molecule has 1 aromatic rings. The fourth-order valence-electron chi connectivity index (χ4n) is 1.07. The highest BCUT2D eigenvalue weighted by Gasteiger charge is 2.08. The Balaban J connectivity index is 3.01. The summed E-state index contributed by atoms with van der Waals surface area (Å²) in [6, 6.07) is 3.42. The Labute approximate surface area is 90.7 Å². The van der Waals surface area contributed by atoms with Crippen LogP contribution in [-0.4, -0.2) is 11.7 Å². The summed E-state index contributed by atoms with van der Waals surface area (Å²) in [6.45, 7) is 2.62. The summed E-state index contributed by atoms with van der Waals surface area (Å²) in [6.07, 6.45) is 0. The number of nitrogens with two attached hydrogens (primary N) is 1. The summed E-state index contributed by atoms with van der Waals surface area (Å²) in [5.41, 5.74) is 0.834. The smallest absolute Gasteiger partial charge is 0.172 e. The van der Waals surface area contributed by atoms with Gasteiger partial charge >= 0.3 is 0 Å². The molecule has 4 nitrogen and oxygen atoms in total. The molecule has 0 saturated carbocycles. The van der Waals surface area contributed by atoms with Gasteiger partial charge in [0.15, 0.2) is 11.5 Å². The summed E-state index contributed by atoms with van der Waals surface area (Å²) in [7, 11) is 0. The van der Waals surface area contributed by atoms with Crippen LogP contribution in [0.1, 0.15) is 12.5 Å². The topological polar surface area (TPSA) is 64.7 Å². The van der Waals surface area contributed by atoms with Gasteiger partial charge in [-0.05, 0) is 40.5 Å². The maximum absolute atomic E-state index is 9.58. The first-order valence-electron chi connectivity index (χ1n) is 4.15. The Bertz CT molecular complexity index is 317. The predicted molar refractivity (Wildman–Crippen MR) is 56.0 cm³/mol. The van der Waals surface area contributed by atoms with Crippen molar-refractivity contribution in [2.24, 2.45) is 5.90 Å². The van der Waals surface area contributed by atoms with Gasteiger partial charge in [0.25, 0.3) is 0 Å². The van der Waals surface area contributed by atoms with E-state index in [4.69, 9.17) is 10.6 Å². The second kappa shape index (κ2) is 5.19. The maximum Gasteiger partial charge on any atom is 0.172 e. The first-order chi connectivity index (χ1) is 6.69. The molecule has 0 saturated heterocycles. The second-order valence-corrected chi connectivity index (χ2v) is 3.52. The fraction of sp³-hybridized carbons (Fsp3) is 0.333. The standard InChI is InChI=1S/C9H12BrNO3/c1-2-13-8-4-6(5-14-11)3-7(10)9(8)12/h3-4,12H,2,5,11H2,1H3. The molecule has 1 aromatic carbocycles. The van der Waals surface area contributed by atoms with Gasteiger partial charge in [0, 0.05) is 0 Å². The van der Waals surface area contributed by atoms with Crippen molar-refractivity contribution in [3.63, 3.8) is 0 Å². The van der Waals surface area contributed by atoms with E-state index < -0.39 is 0 Å². The lowest BCUT2D eigenvalue weighted by atomic mass is 10.2. The van der Waals surface area contributed by atoms with Crippen molar-refractivity contribution in [3.8, 4) is 11.5 Å². The normalized spacial score (nSPS) is 10.2. The van der Waals surface area contributed by atoms with E-state index in [1.807, 2.05) is 6.92 Å². The van der Waals surface area contributed by atoms with Gasteiger partial charge in [-0.25, -0.2) is 5.90 Å². The van der Waals surface area contributed by atoms with Gasteiger partial charge in [-0.1, -0.05) is 0 Å². The first-order valence-corrected chi connectivity index (χ1v) is 4.94. The highest BCUT2D eigenvalue weighted by atomic mass is 79.9. The average Bonchev–Trinajstić information content (AvgIpc) is 2.14. The number of aromatic hydroxyl groups is 1. The van der Waals surface area contributed by atoms with Crippen LogP contribution in [-0.2, 0) is 11.4 Å². The molecule has 3 N–H and O–H groups in total. The number of rotatable bonds is 4. The molecule has 0 spiro atoms. The minimum absolute atomic E-state index is 0.0904. The largest absolute Gasteiger partial charge is 0.503 e. The van der Waals surface area contributed by atoms with Crippen molar-refractivity contribution >= 4 is 15.9 Å².